The summed E-state index contributed by atoms with van der Waals surface area (Å²) in [6.45, 7) is 0. The van der Waals surface area contributed by atoms with E-state index >= 15 is 0 Å². The van der Waals surface area contributed by atoms with Crippen molar-refractivity contribution < 1.29 is 0 Å². The Labute approximate surface area is 92.4 Å². The van der Waals surface area contributed by atoms with Crippen LogP contribution in [0.25, 0.3) is 0 Å². The highest BCUT2D eigenvalue weighted by Crippen LogP contribution is 1.99. The molecular formula is C9H9BN6. The second-order valence-electron chi connectivity index (χ2n) is 3.38. The van der Waals surface area contributed by atoms with Crippen LogP contribution in [0, 0.1) is 0 Å². The monoisotopic (exact) mass is 212 g/mol. The fourth-order valence-corrected chi connectivity index (χ4v) is 1.68. The van der Waals surface area contributed by atoms with Gasteiger partial charge in [-0.1, -0.05) is 0 Å². The molecule has 0 amide bonds. The first-order chi connectivity index (χ1) is 7.95. The second kappa shape index (κ2) is 3.69. The van der Waals surface area contributed by atoms with Crippen LogP contribution in [0.15, 0.2) is 56.2 Å². The molecule has 3 rings (SSSR count). The molecule has 6 nitrogen and oxygen atoms in total. The molecule has 0 aromatic carbocycles. The summed E-state index contributed by atoms with van der Waals surface area (Å²) in [7, 11) is -0.0486. The van der Waals surface area contributed by atoms with Crippen molar-refractivity contribution in [3.8, 4) is 0 Å². The van der Waals surface area contributed by atoms with Gasteiger partial charge in [-0.25, -0.2) is 15.0 Å². The van der Waals surface area contributed by atoms with Crippen LogP contribution >= 0.6 is 0 Å². The lowest BCUT2D eigenvalue weighted by molar-refractivity contribution is 0.945. The molecule has 0 bridgehead atoms. The zero-order chi connectivity index (χ0) is 10.8. The minimum atomic E-state index is -0.0486. The van der Waals surface area contributed by atoms with Crippen LogP contribution in [0.4, 0.5) is 0 Å². The predicted molar refractivity (Wildman–Crippen MR) is 58.6 cm³/mol. The first kappa shape index (κ1) is 8.96. The first-order valence-electron chi connectivity index (χ1n) is 4.87. The fourth-order valence-electron chi connectivity index (χ4n) is 1.68. The maximum absolute atomic E-state index is 4.06. The van der Waals surface area contributed by atoms with E-state index in [9.17, 15) is 0 Å². The Morgan fingerprint density at radius 1 is 0.625 bits per heavy atom. The Bertz CT molecular complexity index is 445. The van der Waals surface area contributed by atoms with Gasteiger partial charge in [-0.15, -0.1) is 0 Å². The number of nitrogens with zero attached hydrogens (tertiary/aromatic N) is 6. The summed E-state index contributed by atoms with van der Waals surface area (Å²) in [5.74, 6) is 0. The molecule has 78 valence electrons. The Morgan fingerprint density at radius 3 is 1.25 bits per heavy atom. The predicted octanol–water partition coefficient (Wildman–Crippen LogP) is 0.206. The van der Waals surface area contributed by atoms with Gasteiger partial charge in [0.25, 0.3) is 0 Å². The van der Waals surface area contributed by atoms with Gasteiger partial charge >= 0.3 is 7.12 Å². The van der Waals surface area contributed by atoms with E-state index in [2.05, 4.69) is 15.0 Å². The van der Waals surface area contributed by atoms with E-state index < -0.39 is 0 Å². The molecule has 0 N–H and O–H groups in total. The third-order valence-corrected chi connectivity index (χ3v) is 2.37. The zero-order valence-electron chi connectivity index (χ0n) is 8.46. The normalized spacial score (nSPS) is 10.5. The minimum absolute atomic E-state index is 0.0486. The van der Waals surface area contributed by atoms with Gasteiger partial charge in [0.1, 0.15) is 0 Å². The molecule has 3 aromatic heterocycles. The van der Waals surface area contributed by atoms with Crippen LogP contribution in [0.5, 0.6) is 0 Å². The van der Waals surface area contributed by atoms with Gasteiger partial charge in [0.05, 0.1) is 19.0 Å². The molecule has 0 saturated heterocycles. The Morgan fingerprint density at radius 2 is 1.00 bits per heavy atom. The molecule has 3 heterocycles. The number of aromatic nitrogens is 6. The van der Waals surface area contributed by atoms with Crippen LogP contribution in [-0.2, 0) is 0 Å². The number of imidazole rings is 3. The third-order valence-electron chi connectivity index (χ3n) is 2.37. The average molecular weight is 212 g/mol. The third kappa shape index (κ3) is 1.42. The van der Waals surface area contributed by atoms with Crippen LogP contribution < -0.4 is 0 Å². The molecule has 0 radical (unpaired) electrons. The molecule has 0 atom stereocenters. The van der Waals surface area contributed by atoms with Crippen LogP contribution in [0.1, 0.15) is 0 Å². The summed E-state index contributed by atoms with van der Waals surface area (Å²) in [6, 6.07) is 0. The van der Waals surface area contributed by atoms with Crippen molar-refractivity contribution >= 4 is 7.12 Å². The van der Waals surface area contributed by atoms with Gasteiger partial charge in [0.15, 0.2) is 0 Å². The summed E-state index contributed by atoms with van der Waals surface area (Å²) in [5.41, 5.74) is 0. The standard InChI is InChI=1S/C9H9BN6/c1-4-14(7-11-1)10(15-5-2-12-8-15)16-6-3-13-9-16/h1-9H. The zero-order valence-corrected chi connectivity index (χ0v) is 8.46. The van der Waals surface area contributed by atoms with Gasteiger partial charge < -0.3 is 13.4 Å². The Kier molecular flexibility index (Phi) is 2.07. The van der Waals surface area contributed by atoms with Crippen molar-refractivity contribution in [2.45, 2.75) is 0 Å². The average Bonchev–Trinajstić information content (AvgIpc) is 3.02. The van der Waals surface area contributed by atoms with E-state index in [1.165, 1.54) is 0 Å². The van der Waals surface area contributed by atoms with Gasteiger partial charge in [-0.3, -0.25) is 0 Å². The van der Waals surface area contributed by atoms with Crippen LogP contribution in [0.3, 0.4) is 0 Å². The van der Waals surface area contributed by atoms with Crippen LogP contribution in [-0.4, -0.2) is 35.5 Å². The maximum Gasteiger partial charge on any atom is 0.519 e. The largest absolute Gasteiger partial charge is 0.519 e. The highest BCUT2D eigenvalue weighted by molar-refractivity contribution is 6.53. The van der Waals surface area contributed by atoms with Gasteiger partial charge in [0.2, 0.25) is 0 Å². The summed E-state index contributed by atoms with van der Waals surface area (Å²) >= 11 is 0. The van der Waals surface area contributed by atoms with Crippen molar-refractivity contribution in [2.24, 2.45) is 0 Å². The molecule has 16 heavy (non-hydrogen) atoms. The lowest BCUT2D eigenvalue weighted by atomic mass is 9.92. The second-order valence-corrected chi connectivity index (χ2v) is 3.38. The van der Waals surface area contributed by atoms with Crippen molar-refractivity contribution in [3.63, 3.8) is 0 Å². The highest BCUT2D eigenvalue weighted by Gasteiger charge is 2.22. The molecule has 3 aromatic rings. The topological polar surface area (TPSA) is 53.5 Å². The van der Waals surface area contributed by atoms with Crippen molar-refractivity contribution in [3.05, 3.63) is 56.2 Å². The van der Waals surface area contributed by atoms with Crippen molar-refractivity contribution in [1.82, 2.24) is 28.4 Å². The summed E-state index contributed by atoms with van der Waals surface area (Å²) < 4.78 is 5.93. The molecule has 0 aliphatic rings. The molecule has 0 saturated carbocycles. The Balaban J connectivity index is 2.09. The van der Waals surface area contributed by atoms with Gasteiger partial charge in [-0.2, -0.15) is 0 Å². The fraction of sp³-hybridized carbons (Fsp3) is 0. The van der Waals surface area contributed by atoms with E-state index in [4.69, 9.17) is 0 Å². The Hall–Kier alpha value is -2.31. The number of rotatable bonds is 3. The smallest absolute Gasteiger partial charge is 0.341 e. The van der Waals surface area contributed by atoms with Crippen LogP contribution in [0.2, 0.25) is 0 Å². The van der Waals surface area contributed by atoms with E-state index in [1.807, 2.05) is 32.0 Å². The maximum atomic E-state index is 4.06. The van der Waals surface area contributed by atoms with Gasteiger partial charge in [-0.05, 0) is 0 Å². The summed E-state index contributed by atoms with van der Waals surface area (Å²) in [6.07, 6.45) is 16.3. The number of hydrogen-bond acceptors (Lipinski definition) is 3. The first-order valence-corrected chi connectivity index (χ1v) is 4.87. The van der Waals surface area contributed by atoms with E-state index in [0.717, 1.165) is 0 Å². The highest BCUT2D eigenvalue weighted by atomic mass is 15.2. The van der Waals surface area contributed by atoms with Gasteiger partial charge in [0, 0.05) is 37.2 Å². The minimum Gasteiger partial charge on any atom is -0.341 e. The number of hydrogen-bond donors (Lipinski definition) is 0. The summed E-state index contributed by atoms with van der Waals surface area (Å²) in [4.78, 5) is 12.2. The van der Waals surface area contributed by atoms with Crippen molar-refractivity contribution in [2.75, 3.05) is 0 Å². The molecule has 0 aliphatic carbocycles. The molecular weight excluding hydrogens is 203 g/mol. The molecule has 0 unspecified atom stereocenters. The van der Waals surface area contributed by atoms with E-state index in [1.54, 1.807) is 37.6 Å². The SMILES string of the molecule is c1cn(B(n2ccnc2)n2ccnc2)cn1. The lowest BCUT2D eigenvalue weighted by Gasteiger charge is -2.14. The molecule has 0 aliphatic heterocycles. The van der Waals surface area contributed by atoms with E-state index in [0.29, 0.717) is 0 Å². The molecule has 0 spiro atoms. The van der Waals surface area contributed by atoms with Crippen molar-refractivity contribution in [1.29, 1.82) is 0 Å². The molecule has 7 heteroatoms. The molecule has 0 fully saturated rings. The quantitative estimate of drug-likeness (QED) is 0.583. The van der Waals surface area contributed by atoms with E-state index in [-0.39, 0.29) is 7.12 Å². The summed E-state index contributed by atoms with van der Waals surface area (Å²) in [5, 5.41) is 0. The lowest BCUT2D eigenvalue weighted by Crippen LogP contribution is -2.39.